The van der Waals surface area contributed by atoms with Crippen LogP contribution in [0.4, 0.5) is 22.9 Å². The van der Waals surface area contributed by atoms with E-state index in [1.807, 2.05) is 48.5 Å². The molecule has 0 saturated carbocycles. The lowest BCUT2D eigenvalue weighted by Crippen LogP contribution is -2.12. The minimum atomic E-state index is -0.494. The summed E-state index contributed by atoms with van der Waals surface area (Å²) in [6.45, 7) is 7.57. The molecule has 0 fully saturated rings. The van der Waals surface area contributed by atoms with Crippen molar-refractivity contribution in [3.63, 3.8) is 0 Å². The highest BCUT2D eigenvalue weighted by Gasteiger charge is 2.21. The van der Waals surface area contributed by atoms with Crippen molar-refractivity contribution in [2.75, 3.05) is 5.32 Å². The number of aromatic nitrogens is 4. The van der Waals surface area contributed by atoms with Gasteiger partial charge in [0.15, 0.2) is 11.6 Å². The number of nitrogens with zero attached hydrogens (tertiary/aromatic N) is 7. The van der Waals surface area contributed by atoms with Crippen LogP contribution >= 0.6 is 11.3 Å². The second kappa shape index (κ2) is 10.6. The molecule has 0 aliphatic carbocycles. The van der Waals surface area contributed by atoms with Crippen molar-refractivity contribution in [3.05, 3.63) is 114 Å². The number of aromatic hydroxyl groups is 1. The fourth-order valence-electron chi connectivity index (χ4n) is 4.09. The minimum absolute atomic E-state index is 0.0582. The van der Waals surface area contributed by atoms with Crippen molar-refractivity contribution < 1.29 is 9.90 Å². The fraction of sp³-hybridized carbons (Fsp3) is 0. The third-order valence-corrected chi connectivity index (χ3v) is 6.92. The van der Waals surface area contributed by atoms with E-state index in [1.165, 1.54) is 22.2 Å². The molecule has 0 unspecified atom stereocenters. The lowest BCUT2D eigenvalue weighted by molar-refractivity contribution is 0.102. The topological polar surface area (TPSA) is 122 Å². The van der Waals surface area contributed by atoms with Crippen molar-refractivity contribution in [3.8, 4) is 21.5 Å². The molecule has 192 valence electrons. The molecule has 0 saturated heterocycles. The first-order valence-electron chi connectivity index (χ1n) is 12.0. The predicted molar refractivity (Wildman–Crippen MR) is 153 cm³/mol. The van der Waals surface area contributed by atoms with Gasteiger partial charge in [-0.3, -0.25) is 4.79 Å². The smallest absolute Gasteiger partial charge is 0.260 e. The Morgan fingerprint density at radius 1 is 0.950 bits per heavy atom. The van der Waals surface area contributed by atoms with Crippen LogP contribution in [-0.2, 0) is 0 Å². The standard InChI is InChI=1S/C29H18N8O2S/c1-30-23-17-31-37(29-36-35-28(40-29)18-10-4-2-5-11-18)26(23)34-33-22-16-19-12-8-9-15-21(19)24(25(22)38)27(39)32-20-13-6-3-7-14-20/h2-17,38H,(H,32,39)/b34-33+. The van der Waals surface area contributed by atoms with E-state index in [-0.39, 0.29) is 28.5 Å². The van der Waals surface area contributed by atoms with Gasteiger partial charge >= 0.3 is 0 Å². The van der Waals surface area contributed by atoms with E-state index in [2.05, 4.69) is 35.7 Å². The molecule has 11 heteroatoms. The van der Waals surface area contributed by atoms with Gasteiger partial charge in [0.05, 0.1) is 18.3 Å². The number of hydrogen-bond acceptors (Lipinski definition) is 8. The number of nitrogens with one attached hydrogen (secondary N) is 1. The summed E-state index contributed by atoms with van der Waals surface area (Å²) in [6, 6.07) is 27.3. The summed E-state index contributed by atoms with van der Waals surface area (Å²) >= 11 is 1.28. The SMILES string of the molecule is [C-]#[N+]c1cnn(-c2nnc(-c3ccccc3)s2)c1/N=N/c1cc2ccccc2c(C(=O)Nc2ccccc2)c1O. The van der Waals surface area contributed by atoms with Crippen molar-refractivity contribution in [1.29, 1.82) is 0 Å². The largest absolute Gasteiger partial charge is 0.505 e. The number of phenolic OH excluding ortho intramolecular Hbond substituents is 1. The monoisotopic (exact) mass is 542 g/mol. The molecule has 0 bridgehead atoms. The van der Waals surface area contributed by atoms with Crippen LogP contribution in [0.5, 0.6) is 5.75 Å². The molecule has 0 aliphatic rings. The molecule has 6 rings (SSSR count). The Morgan fingerprint density at radius 3 is 2.45 bits per heavy atom. The van der Waals surface area contributed by atoms with E-state index in [0.29, 0.717) is 26.6 Å². The van der Waals surface area contributed by atoms with Gasteiger partial charge in [-0.15, -0.1) is 20.4 Å². The zero-order valence-corrected chi connectivity index (χ0v) is 21.4. The van der Waals surface area contributed by atoms with Gasteiger partial charge < -0.3 is 10.4 Å². The van der Waals surface area contributed by atoms with E-state index in [0.717, 1.165) is 5.56 Å². The van der Waals surface area contributed by atoms with Crippen LogP contribution in [0.3, 0.4) is 0 Å². The predicted octanol–water partition coefficient (Wildman–Crippen LogP) is 7.47. The first-order chi connectivity index (χ1) is 19.6. The molecule has 0 spiro atoms. The van der Waals surface area contributed by atoms with Crippen molar-refractivity contribution >= 4 is 50.9 Å². The molecule has 0 radical (unpaired) electrons. The Balaban J connectivity index is 1.40. The molecule has 2 aromatic heterocycles. The maximum Gasteiger partial charge on any atom is 0.260 e. The first-order valence-corrected chi connectivity index (χ1v) is 12.8. The number of carbonyl (C=O) groups excluding carboxylic acids is 1. The Morgan fingerprint density at radius 2 is 1.68 bits per heavy atom. The number of hydrogen-bond donors (Lipinski definition) is 2. The second-order valence-electron chi connectivity index (χ2n) is 8.49. The Kier molecular flexibility index (Phi) is 6.50. The molecule has 2 N–H and O–H groups in total. The number of phenols is 1. The molecule has 10 nitrogen and oxygen atoms in total. The minimum Gasteiger partial charge on any atom is -0.505 e. The number of carbonyl (C=O) groups is 1. The fourth-order valence-corrected chi connectivity index (χ4v) is 4.90. The Bertz CT molecular complexity index is 1920. The third-order valence-electron chi connectivity index (χ3n) is 5.97. The van der Waals surface area contributed by atoms with Gasteiger partial charge in [0.25, 0.3) is 11.6 Å². The first kappa shape index (κ1) is 24.6. The number of amides is 1. The van der Waals surface area contributed by atoms with Gasteiger partial charge in [-0.05, 0) is 29.0 Å². The van der Waals surface area contributed by atoms with E-state index in [9.17, 15) is 9.90 Å². The third kappa shape index (κ3) is 4.66. The Hall–Kier alpha value is -5.73. The van der Waals surface area contributed by atoms with Crippen LogP contribution in [0.2, 0.25) is 0 Å². The molecule has 0 aliphatic heterocycles. The molecular formula is C29H18N8O2S. The normalized spacial score (nSPS) is 11.1. The number of benzene rings is 4. The van der Waals surface area contributed by atoms with Crippen LogP contribution in [0.25, 0.3) is 31.3 Å². The molecule has 1 amide bonds. The zero-order chi connectivity index (χ0) is 27.5. The zero-order valence-electron chi connectivity index (χ0n) is 20.6. The summed E-state index contributed by atoms with van der Waals surface area (Å²) in [6.07, 6.45) is 1.37. The quantitative estimate of drug-likeness (QED) is 0.167. The molecule has 0 atom stereocenters. The molecule has 6 aromatic rings. The maximum absolute atomic E-state index is 13.3. The highest BCUT2D eigenvalue weighted by Crippen LogP contribution is 2.40. The van der Waals surface area contributed by atoms with E-state index in [1.54, 1.807) is 42.5 Å². The second-order valence-corrected chi connectivity index (χ2v) is 9.45. The van der Waals surface area contributed by atoms with Gasteiger partial charge in [0, 0.05) is 11.3 Å². The average Bonchev–Trinajstić information content (AvgIpc) is 3.64. The number of rotatable bonds is 6. The summed E-state index contributed by atoms with van der Waals surface area (Å²) in [5, 5.41) is 37.6. The lowest BCUT2D eigenvalue weighted by Gasteiger charge is -2.12. The lowest BCUT2D eigenvalue weighted by atomic mass is 10.0. The number of azo groups is 1. The van der Waals surface area contributed by atoms with Crippen LogP contribution in [0, 0.1) is 6.57 Å². The maximum atomic E-state index is 13.3. The Labute approximate surface area is 231 Å². The van der Waals surface area contributed by atoms with Crippen LogP contribution in [0.15, 0.2) is 107 Å². The van der Waals surface area contributed by atoms with Crippen molar-refractivity contribution in [2.24, 2.45) is 10.2 Å². The van der Waals surface area contributed by atoms with Gasteiger partial charge in [0.2, 0.25) is 5.13 Å². The highest BCUT2D eigenvalue weighted by molar-refractivity contribution is 7.17. The molecule has 4 aromatic carbocycles. The van der Waals surface area contributed by atoms with E-state index in [4.69, 9.17) is 6.57 Å². The summed E-state index contributed by atoms with van der Waals surface area (Å²) in [5.74, 6) is -0.715. The number of para-hydroxylation sites is 1. The molecule has 2 heterocycles. The molecular weight excluding hydrogens is 524 g/mol. The highest BCUT2D eigenvalue weighted by atomic mass is 32.1. The summed E-state index contributed by atoms with van der Waals surface area (Å²) < 4.78 is 1.38. The summed E-state index contributed by atoms with van der Waals surface area (Å²) in [4.78, 5) is 16.8. The van der Waals surface area contributed by atoms with E-state index >= 15 is 0 Å². The van der Waals surface area contributed by atoms with Crippen LogP contribution in [0.1, 0.15) is 10.4 Å². The van der Waals surface area contributed by atoms with Gasteiger partial charge in [0.1, 0.15) is 10.7 Å². The average molecular weight is 543 g/mol. The van der Waals surface area contributed by atoms with Crippen LogP contribution in [-0.4, -0.2) is 31.0 Å². The van der Waals surface area contributed by atoms with E-state index < -0.39 is 5.91 Å². The number of fused-ring (bicyclic) bond motifs is 1. The van der Waals surface area contributed by atoms with Crippen molar-refractivity contribution in [2.45, 2.75) is 0 Å². The van der Waals surface area contributed by atoms with Crippen molar-refractivity contribution in [1.82, 2.24) is 20.0 Å². The summed E-state index contributed by atoms with van der Waals surface area (Å²) in [5.41, 5.74) is 1.74. The number of anilines is 1. The van der Waals surface area contributed by atoms with Crippen LogP contribution < -0.4 is 5.32 Å². The van der Waals surface area contributed by atoms with Gasteiger partial charge in [-0.25, -0.2) is 4.85 Å². The van der Waals surface area contributed by atoms with Gasteiger partial charge in [-0.1, -0.05) is 84.1 Å². The van der Waals surface area contributed by atoms with Gasteiger partial charge in [-0.2, -0.15) is 9.78 Å². The molecule has 40 heavy (non-hydrogen) atoms. The summed E-state index contributed by atoms with van der Waals surface area (Å²) in [7, 11) is 0.